The van der Waals surface area contributed by atoms with Crippen LogP contribution in [0, 0.1) is 0 Å². The number of rotatable bonds is 2. The molecule has 2 unspecified atom stereocenters. The molecule has 1 aromatic heterocycles. The lowest BCUT2D eigenvalue weighted by Crippen LogP contribution is -2.58. The fourth-order valence-electron chi connectivity index (χ4n) is 2.16. The molecule has 2 atom stereocenters. The summed E-state index contributed by atoms with van der Waals surface area (Å²) in [5.41, 5.74) is 0.899. The van der Waals surface area contributed by atoms with Crippen LogP contribution < -0.4 is 0 Å². The zero-order chi connectivity index (χ0) is 13.6. The van der Waals surface area contributed by atoms with E-state index in [0.29, 0.717) is 5.15 Å². The molecule has 0 bridgehead atoms. The van der Waals surface area contributed by atoms with Crippen LogP contribution in [0.25, 0.3) is 0 Å². The van der Waals surface area contributed by atoms with Gasteiger partial charge in [0, 0.05) is 12.7 Å². The van der Waals surface area contributed by atoms with Gasteiger partial charge in [-0.1, -0.05) is 11.6 Å². The van der Waals surface area contributed by atoms with Gasteiger partial charge in [-0.15, -0.1) is 0 Å². The Hall–Kier alpha value is -0.450. The summed E-state index contributed by atoms with van der Waals surface area (Å²) in [5, 5.41) is 0.488. The molecule has 1 saturated heterocycles. The van der Waals surface area contributed by atoms with Crippen molar-refractivity contribution in [3.63, 3.8) is 0 Å². The minimum Gasteiger partial charge on any atom is -0.245 e. The predicted molar refractivity (Wildman–Crippen MR) is 75.8 cm³/mol. The Bertz CT molecular complexity index is 486. The van der Waals surface area contributed by atoms with Crippen LogP contribution in [-0.4, -0.2) is 24.8 Å². The average molecular weight is 287 g/mol. The smallest absolute Gasteiger partial charge is 0.129 e. The number of pyridine rings is 1. The standard InChI is InChI=1S/C13H19ClN2OS/c1-12(2,3)18(17)16-8-6-13(16,4)10-5-7-15-11(14)9-10/h5,7,9H,6,8H2,1-4H3. The molecule has 0 amide bonds. The zero-order valence-electron chi connectivity index (χ0n) is 11.2. The second-order valence-electron chi connectivity index (χ2n) is 5.85. The first-order chi connectivity index (χ1) is 8.25. The van der Waals surface area contributed by atoms with Gasteiger partial charge < -0.3 is 0 Å². The van der Waals surface area contributed by atoms with Gasteiger partial charge in [-0.25, -0.2) is 13.5 Å². The summed E-state index contributed by atoms with van der Waals surface area (Å²) in [6.45, 7) is 8.98. The Morgan fingerprint density at radius 1 is 1.50 bits per heavy atom. The molecule has 1 fully saturated rings. The number of hydrogen-bond donors (Lipinski definition) is 0. The van der Waals surface area contributed by atoms with Crippen molar-refractivity contribution >= 4 is 22.6 Å². The van der Waals surface area contributed by atoms with Gasteiger partial charge in [-0.3, -0.25) is 0 Å². The third-order valence-corrected chi connectivity index (χ3v) is 5.66. The van der Waals surface area contributed by atoms with Crippen LogP contribution in [0.2, 0.25) is 5.15 Å². The van der Waals surface area contributed by atoms with Gasteiger partial charge in [0.05, 0.1) is 10.3 Å². The molecule has 3 nitrogen and oxygen atoms in total. The normalized spacial score (nSPS) is 26.7. The summed E-state index contributed by atoms with van der Waals surface area (Å²) in [6.07, 6.45) is 2.70. The second-order valence-corrected chi connectivity index (χ2v) is 8.41. The van der Waals surface area contributed by atoms with Crippen LogP contribution in [0.5, 0.6) is 0 Å². The molecule has 0 saturated carbocycles. The first-order valence-electron chi connectivity index (χ1n) is 6.07. The third-order valence-electron chi connectivity index (χ3n) is 3.42. The lowest BCUT2D eigenvalue weighted by atomic mass is 9.83. The van der Waals surface area contributed by atoms with Gasteiger partial charge in [0.15, 0.2) is 0 Å². The van der Waals surface area contributed by atoms with Gasteiger partial charge in [-0.05, 0) is 51.8 Å². The molecule has 0 aliphatic carbocycles. The fraction of sp³-hybridized carbons (Fsp3) is 0.615. The highest BCUT2D eigenvalue weighted by atomic mass is 35.5. The monoisotopic (exact) mass is 286 g/mol. The molecule has 0 spiro atoms. The van der Waals surface area contributed by atoms with Gasteiger partial charge in [-0.2, -0.15) is 0 Å². The lowest BCUT2D eigenvalue weighted by molar-refractivity contribution is 0.0934. The molecule has 0 aromatic carbocycles. The minimum absolute atomic E-state index is 0.190. The maximum atomic E-state index is 12.5. The molecule has 18 heavy (non-hydrogen) atoms. The molecule has 5 heteroatoms. The van der Waals surface area contributed by atoms with Crippen LogP contribution in [0.3, 0.4) is 0 Å². The van der Waals surface area contributed by atoms with E-state index in [4.69, 9.17) is 11.6 Å². The molecular formula is C13H19ClN2OS. The van der Waals surface area contributed by atoms with E-state index in [-0.39, 0.29) is 10.3 Å². The first-order valence-corrected chi connectivity index (χ1v) is 7.55. The SMILES string of the molecule is CC1(c2ccnc(Cl)c2)CCN1S(=O)C(C)(C)C. The lowest BCUT2D eigenvalue weighted by Gasteiger charge is -2.51. The van der Waals surface area contributed by atoms with Gasteiger partial charge in [0.2, 0.25) is 0 Å². The minimum atomic E-state index is -1.00. The van der Waals surface area contributed by atoms with Crippen molar-refractivity contribution in [2.75, 3.05) is 6.54 Å². The van der Waals surface area contributed by atoms with Crippen molar-refractivity contribution in [1.82, 2.24) is 9.29 Å². The number of halogens is 1. The molecule has 2 rings (SSSR count). The van der Waals surface area contributed by atoms with E-state index < -0.39 is 11.0 Å². The molecule has 2 heterocycles. The van der Waals surface area contributed by atoms with Gasteiger partial charge in [0.1, 0.15) is 16.1 Å². The Balaban J connectivity index is 2.30. The number of hydrogen-bond acceptors (Lipinski definition) is 2. The first kappa shape index (κ1) is 14.0. The number of aromatic nitrogens is 1. The molecular weight excluding hydrogens is 268 g/mol. The van der Waals surface area contributed by atoms with Crippen molar-refractivity contribution in [2.45, 2.75) is 44.4 Å². The van der Waals surface area contributed by atoms with Crippen LogP contribution in [-0.2, 0) is 16.5 Å². The van der Waals surface area contributed by atoms with Crippen molar-refractivity contribution < 1.29 is 4.21 Å². The van der Waals surface area contributed by atoms with Crippen LogP contribution >= 0.6 is 11.6 Å². The van der Waals surface area contributed by atoms with Crippen LogP contribution in [0.15, 0.2) is 18.3 Å². The third kappa shape index (κ3) is 2.33. The molecule has 1 aliphatic heterocycles. The van der Waals surface area contributed by atoms with E-state index in [0.717, 1.165) is 18.5 Å². The second kappa shape index (κ2) is 4.58. The van der Waals surface area contributed by atoms with Crippen molar-refractivity contribution in [3.8, 4) is 0 Å². The largest absolute Gasteiger partial charge is 0.245 e. The van der Waals surface area contributed by atoms with Gasteiger partial charge >= 0.3 is 0 Å². The van der Waals surface area contributed by atoms with Gasteiger partial charge in [0.25, 0.3) is 0 Å². The van der Waals surface area contributed by atoms with Crippen molar-refractivity contribution in [2.24, 2.45) is 0 Å². The maximum absolute atomic E-state index is 12.5. The van der Waals surface area contributed by atoms with E-state index in [9.17, 15) is 4.21 Å². The van der Waals surface area contributed by atoms with Crippen LogP contribution in [0.1, 0.15) is 39.7 Å². The van der Waals surface area contributed by atoms with E-state index >= 15 is 0 Å². The topological polar surface area (TPSA) is 33.2 Å². The van der Waals surface area contributed by atoms with Crippen molar-refractivity contribution in [1.29, 1.82) is 0 Å². The van der Waals surface area contributed by atoms with Crippen molar-refractivity contribution in [3.05, 3.63) is 29.0 Å². The Labute approximate surface area is 116 Å². The molecule has 0 radical (unpaired) electrons. The number of nitrogens with zero attached hydrogens (tertiary/aromatic N) is 2. The summed E-state index contributed by atoms with van der Waals surface area (Å²) in [6, 6.07) is 3.82. The van der Waals surface area contributed by atoms with E-state index in [1.165, 1.54) is 0 Å². The highest BCUT2D eigenvalue weighted by molar-refractivity contribution is 7.84. The highest BCUT2D eigenvalue weighted by Crippen LogP contribution is 2.43. The average Bonchev–Trinajstić information content (AvgIpc) is 2.25. The van der Waals surface area contributed by atoms with Crippen LogP contribution in [0.4, 0.5) is 0 Å². The fourth-order valence-corrected chi connectivity index (χ4v) is 3.82. The zero-order valence-corrected chi connectivity index (χ0v) is 12.8. The summed E-state index contributed by atoms with van der Waals surface area (Å²) in [4.78, 5) is 4.00. The van der Waals surface area contributed by atoms with E-state index in [1.807, 2.05) is 32.9 Å². The Morgan fingerprint density at radius 2 is 2.17 bits per heavy atom. The summed E-state index contributed by atoms with van der Waals surface area (Å²) < 4.78 is 14.3. The maximum Gasteiger partial charge on any atom is 0.129 e. The molecule has 1 aromatic rings. The summed E-state index contributed by atoms with van der Waals surface area (Å²) in [5.74, 6) is 0. The Kier molecular flexibility index (Phi) is 3.56. The molecule has 1 aliphatic rings. The summed E-state index contributed by atoms with van der Waals surface area (Å²) in [7, 11) is -1.00. The van der Waals surface area contributed by atoms with E-state index in [2.05, 4.69) is 16.2 Å². The summed E-state index contributed by atoms with van der Waals surface area (Å²) >= 11 is 5.94. The molecule has 0 N–H and O–H groups in total. The van der Waals surface area contributed by atoms with E-state index in [1.54, 1.807) is 6.20 Å². The highest BCUT2D eigenvalue weighted by Gasteiger charge is 2.47. The predicted octanol–water partition coefficient (Wildman–Crippen LogP) is 3.12. The quantitative estimate of drug-likeness (QED) is 0.783. The Morgan fingerprint density at radius 3 is 2.61 bits per heavy atom. The molecule has 100 valence electrons.